The highest BCUT2D eigenvalue weighted by Crippen LogP contribution is 2.36. The molecule has 7 heteroatoms. The Labute approximate surface area is 185 Å². The van der Waals surface area contributed by atoms with Gasteiger partial charge in [0.05, 0.1) is 0 Å². The van der Waals surface area contributed by atoms with Gasteiger partial charge in [-0.25, -0.2) is 9.18 Å². The number of aromatic nitrogens is 1. The van der Waals surface area contributed by atoms with Gasteiger partial charge >= 0.3 is 5.97 Å². The van der Waals surface area contributed by atoms with Crippen molar-refractivity contribution in [2.24, 2.45) is 0 Å². The second kappa shape index (κ2) is 7.97. The lowest BCUT2D eigenvalue weighted by atomic mass is 9.91. The molecule has 3 atom stereocenters. The number of carbonyl (C=O) groups is 2. The van der Waals surface area contributed by atoms with Crippen LogP contribution in [-0.4, -0.2) is 33.6 Å². The molecule has 0 bridgehead atoms. The maximum Gasteiger partial charge on any atom is 0.326 e. The molecular weight excluding hydrogens is 409 g/mol. The lowest BCUT2D eigenvalue weighted by molar-refractivity contribution is -0.141. The number of hydrogen-bond acceptors (Lipinski definition) is 3. The Morgan fingerprint density at radius 2 is 2.06 bits per heavy atom. The van der Waals surface area contributed by atoms with Gasteiger partial charge in [0.1, 0.15) is 17.9 Å². The van der Waals surface area contributed by atoms with Crippen LogP contribution in [0, 0.1) is 5.82 Å². The van der Waals surface area contributed by atoms with E-state index in [0.717, 1.165) is 33.4 Å². The fraction of sp³-hybridized carbons (Fsp3) is 0.360. The average Bonchev–Trinajstić information content (AvgIpc) is 3.34. The number of fused-ring (bicyclic) bond motifs is 4. The summed E-state index contributed by atoms with van der Waals surface area (Å²) in [6, 6.07) is 11.4. The first-order valence-electron chi connectivity index (χ1n) is 11.1. The zero-order valence-electron chi connectivity index (χ0n) is 17.9. The Balaban J connectivity index is 1.41. The number of nitrogens with zero attached hydrogens (tertiary/aromatic N) is 1. The first kappa shape index (κ1) is 20.5. The lowest BCUT2D eigenvalue weighted by Crippen LogP contribution is -2.46. The van der Waals surface area contributed by atoms with Crippen LogP contribution < -0.4 is 10.6 Å². The maximum absolute atomic E-state index is 14.1. The van der Waals surface area contributed by atoms with Gasteiger partial charge in [0.25, 0.3) is 0 Å². The van der Waals surface area contributed by atoms with Crippen LogP contribution in [-0.2, 0) is 28.9 Å². The fourth-order valence-corrected chi connectivity index (χ4v) is 5.27. The Morgan fingerprint density at radius 1 is 1.25 bits per heavy atom. The Bertz CT molecular complexity index is 1190. The van der Waals surface area contributed by atoms with E-state index in [9.17, 15) is 19.1 Å². The molecule has 2 aromatic carbocycles. The van der Waals surface area contributed by atoms with Gasteiger partial charge in [-0.15, -0.1) is 0 Å². The molecule has 1 aliphatic carbocycles. The van der Waals surface area contributed by atoms with Gasteiger partial charge in [-0.3, -0.25) is 4.79 Å². The molecule has 5 rings (SSSR count). The van der Waals surface area contributed by atoms with Crippen molar-refractivity contribution in [2.75, 3.05) is 5.32 Å². The Hall–Kier alpha value is -3.35. The molecule has 0 saturated carbocycles. The van der Waals surface area contributed by atoms with Gasteiger partial charge in [-0.1, -0.05) is 25.1 Å². The van der Waals surface area contributed by atoms with E-state index in [1.807, 2.05) is 35.8 Å². The molecule has 3 aromatic rings. The van der Waals surface area contributed by atoms with Crippen molar-refractivity contribution in [3.63, 3.8) is 0 Å². The molecule has 0 spiro atoms. The molecule has 2 aliphatic rings. The SMILES string of the molecule is CCC(C(=O)O)n1c2c(c3cc(F)ccc31)CC(NC(=O)C1Cc3ccccc3N1)CC2. The number of rotatable bonds is 5. The molecule has 32 heavy (non-hydrogen) atoms. The van der Waals surface area contributed by atoms with Crippen LogP contribution in [0.25, 0.3) is 10.9 Å². The van der Waals surface area contributed by atoms with Crippen LogP contribution in [0.1, 0.15) is 42.6 Å². The highest BCUT2D eigenvalue weighted by Gasteiger charge is 2.33. The van der Waals surface area contributed by atoms with E-state index in [0.29, 0.717) is 32.1 Å². The van der Waals surface area contributed by atoms with Crippen molar-refractivity contribution in [2.45, 2.75) is 57.2 Å². The van der Waals surface area contributed by atoms with E-state index in [1.165, 1.54) is 12.1 Å². The van der Waals surface area contributed by atoms with Gasteiger partial charge < -0.3 is 20.3 Å². The topological polar surface area (TPSA) is 83.4 Å². The summed E-state index contributed by atoms with van der Waals surface area (Å²) in [7, 11) is 0. The summed E-state index contributed by atoms with van der Waals surface area (Å²) in [5.74, 6) is -1.28. The number of para-hydroxylation sites is 1. The molecule has 0 radical (unpaired) electrons. The normalized spacial score (nSPS) is 20.3. The maximum atomic E-state index is 14.1. The largest absolute Gasteiger partial charge is 0.480 e. The minimum Gasteiger partial charge on any atom is -0.480 e. The molecule has 2 heterocycles. The van der Waals surface area contributed by atoms with Crippen LogP contribution >= 0.6 is 0 Å². The van der Waals surface area contributed by atoms with Crippen molar-refractivity contribution in [1.82, 2.24) is 9.88 Å². The van der Waals surface area contributed by atoms with Gasteiger partial charge in [0, 0.05) is 34.7 Å². The van der Waals surface area contributed by atoms with Gasteiger partial charge in [-0.05, 0) is 61.1 Å². The zero-order chi connectivity index (χ0) is 22.4. The van der Waals surface area contributed by atoms with Crippen LogP contribution in [0.15, 0.2) is 42.5 Å². The third-order valence-electron chi connectivity index (χ3n) is 6.78. The average molecular weight is 435 g/mol. The number of hydrogen-bond donors (Lipinski definition) is 3. The second-order valence-electron chi connectivity index (χ2n) is 8.73. The van der Waals surface area contributed by atoms with Crippen molar-refractivity contribution in [3.05, 3.63) is 65.1 Å². The predicted molar refractivity (Wildman–Crippen MR) is 120 cm³/mol. The van der Waals surface area contributed by atoms with E-state index < -0.39 is 12.0 Å². The quantitative estimate of drug-likeness (QED) is 0.569. The molecule has 1 aromatic heterocycles. The summed E-state index contributed by atoms with van der Waals surface area (Å²) in [6.45, 7) is 1.85. The molecule has 3 unspecified atom stereocenters. The van der Waals surface area contributed by atoms with Crippen LogP contribution in [0.5, 0.6) is 0 Å². The monoisotopic (exact) mass is 435 g/mol. The number of carboxylic acid groups (broad SMARTS) is 1. The molecular formula is C25H26FN3O3. The number of nitrogens with one attached hydrogen (secondary N) is 2. The molecule has 1 aliphatic heterocycles. The highest BCUT2D eigenvalue weighted by atomic mass is 19.1. The molecule has 0 saturated heterocycles. The zero-order valence-corrected chi connectivity index (χ0v) is 17.9. The smallest absolute Gasteiger partial charge is 0.326 e. The molecule has 1 amide bonds. The third kappa shape index (κ3) is 3.42. The summed E-state index contributed by atoms with van der Waals surface area (Å²) in [6.07, 6.45) is 3.01. The highest BCUT2D eigenvalue weighted by molar-refractivity contribution is 5.89. The standard InChI is InChI=1S/C25H26FN3O3/c1-2-21(25(31)32)29-22-9-7-15(26)12-17(22)18-13-16(8-10-23(18)29)27-24(30)20-11-14-5-3-4-6-19(14)28-20/h3-7,9,12,16,20-21,28H,2,8,10-11,13H2,1H3,(H,27,30)(H,31,32). The first-order valence-corrected chi connectivity index (χ1v) is 11.1. The summed E-state index contributed by atoms with van der Waals surface area (Å²) in [5.41, 5.74) is 4.76. The number of anilines is 1. The number of amides is 1. The first-order chi connectivity index (χ1) is 15.5. The number of benzene rings is 2. The molecule has 0 fully saturated rings. The van der Waals surface area contributed by atoms with Crippen molar-refractivity contribution in [1.29, 1.82) is 0 Å². The summed E-state index contributed by atoms with van der Waals surface area (Å²) < 4.78 is 16.0. The van der Waals surface area contributed by atoms with Gasteiger partial charge in [0.15, 0.2) is 0 Å². The number of aliphatic carboxylic acids is 1. The van der Waals surface area contributed by atoms with Crippen molar-refractivity contribution < 1.29 is 19.1 Å². The van der Waals surface area contributed by atoms with Crippen molar-refractivity contribution in [3.8, 4) is 0 Å². The number of carbonyl (C=O) groups excluding carboxylic acids is 1. The van der Waals surface area contributed by atoms with Crippen LogP contribution in [0.2, 0.25) is 0 Å². The number of halogens is 1. The van der Waals surface area contributed by atoms with Crippen molar-refractivity contribution >= 4 is 28.5 Å². The van der Waals surface area contributed by atoms with Crippen LogP contribution in [0.4, 0.5) is 10.1 Å². The second-order valence-corrected chi connectivity index (χ2v) is 8.73. The van der Waals surface area contributed by atoms with Crippen LogP contribution in [0.3, 0.4) is 0 Å². The summed E-state index contributed by atoms with van der Waals surface area (Å²) >= 11 is 0. The van der Waals surface area contributed by atoms with Gasteiger partial charge in [-0.2, -0.15) is 0 Å². The molecule has 6 nitrogen and oxygen atoms in total. The minimum absolute atomic E-state index is 0.0402. The number of carboxylic acids is 1. The van der Waals surface area contributed by atoms with E-state index in [1.54, 1.807) is 6.07 Å². The predicted octanol–water partition coefficient (Wildman–Crippen LogP) is 3.83. The van der Waals surface area contributed by atoms with E-state index in [4.69, 9.17) is 0 Å². The molecule has 3 N–H and O–H groups in total. The van der Waals surface area contributed by atoms with E-state index in [2.05, 4.69) is 10.6 Å². The minimum atomic E-state index is -0.890. The van der Waals surface area contributed by atoms with E-state index >= 15 is 0 Å². The third-order valence-corrected chi connectivity index (χ3v) is 6.78. The summed E-state index contributed by atoms with van der Waals surface area (Å²) in [4.78, 5) is 24.9. The van der Waals surface area contributed by atoms with Gasteiger partial charge in [0.2, 0.25) is 5.91 Å². The molecule has 166 valence electrons. The fourth-order valence-electron chi connectivity index (χ4n) is 5.27. The van der Waals surface area contributed by atoms with E-state index in [-0.39, 0.29) is 23.8 Å². The lowest BCUT2D eigenvalue weighted by Gasteiger charge is -2.27. The Kier molecular flexibility index (Phi) is 5.12. The Morgan fingerprint density at radius 3 is 2.81 bits per heavy atom. The summed E-state index contributed by atoms with van der Waals surface area (Å²) in [5, 5.41) is 17.0.